The Bertz CT molecular complexity index is 1370. The number of para-hydroxylation sites is 2. The maximum atomic E-state index is 12.2. The van der Waals surface area contributed by atoms with E-state index in [9.17, 15) is 4.79 Å². The Hall–Kier alpha value is -3.79. The van der Waals surface area contributed by atoms with Crippen LogP contribution in [0, 0.1) is 6.92 Å². The van der Waals surface area contributed by atoms with Crippen molar-refractivity contribution in [2.75, 3.05) is 18.6 Å². The summed E-state index contributed by atoms with van der Waals surface area (Å²) in [7, 11) is 1.42. The molecule has 0 saturated carbocycles. The Labute approximate surface area is 213 Å². The third-order valence-electron chi connectivity index (χ3n) is 7.15. The fraction of sp³-hybridized carbons (Fsp3) is 0.281. The van der Waals surface area contributed by atoms with Gasteiger partial charge in [-0.15, -0.1) is 0 Å². The second kappa shape index (κ2) is 10.4. The number of aryl methyl sites for hydroxylation is 1. The highest BCUT2D eigenvalue weighted by atomic mass is 16.5. The van der Waals surface area contributed by atoms with Crippen LogP contribution < -0.4 is 9.64 Å². The van der Waals surface area contributed by atoms with Gasteiger partial charge in [0.05, 0.1) is 24.9 Å². The SMILES string of the molecule is COC(=O)c1cc(C)cc(N2CC(CCC[C@H](C)c3cccc4ccccc34)Oc3ccccc32)c1. The molecular weight excluding hydrogens is 446 g/mol. The molecule has 1 unspecified atom stereocenters. The van der Waals surface area contributed by atoms with Crippen LogP contribution in [0.25, 0.3) is 10.8 Å². The fourth-order valence-electron chi connectivity index (χ4n) is 5.34. The van der Waals surface area contributed by atoms with Crippen molar-refractivity contribution >= 4 is 28.1 Å². The van der Waals surface area contributed by atoms with Crippen LogP contribution in [-0.2, 0) is 4.74 Å². The molecular formula is C32H33NO3. The minimum atomic E-state index is -0.319. The van der Waals surface area contributed by atoms with Crippen molar-refractivity contribution in [2.24, 2.45) is 0 Å². The van der Waals surface area contributed by atoms with Gasteiger partial charge in [0, 0.05) is 5.69 Å². The summed E-state index contributed by atoms with van der Waals surface area (Å²) < 4.78 is 11.4. The average Bonchev–Trinajstić information content (AvgIpc) is 2.91. The first-order chi connectivity index (χ1) is 17.5. The molecule has 0 bridgehead atoms. The van der Waals surface area contributed by atoms with E-state index in [1.807, 2.05) is 37.3 Å². The van der Waals surface area contributed by atoms with Crippen molar-refractivity contribution in [3.63, 3.8) is 0 Å². The van der Waals surface area contributed by atoms with Gasteiger partial charge >= 0.3 is 5.97 Å². The monoisotopic (exact) mass is 479 g/mol. The van der Waals surface area contributed by atoms with Crippen LogP contribution >= 0.6 is 0 Å². The quantitative estimate of drug-likeness (QED) is 0.253. The third-order valence-corrected chi connectivity index (χ3v) is 7.15. The lowest BCUT2D eigenvalue weighted by molar-refractivity contribution is 0.0600. The number of hydrogen-bond donors (Lipinski definition) is 0. The second-order valence-electron chi connectivity index (χ2n) is 9.77. The summed E-state index contributed by atoms with van der Waals surface area (Å²) in [6.45, 7) is 5.07. The standard InChI is InChI=1S/C32H33NO3/c1-22-18-25(32(34)35-3)20-26(19-22)33-21-27(36-31-17-7-6-16-30(31)33)13-8-10-23(2)28-15-9-12-24-11-4-5-14-29(24)28/h4-7,9,11-12,14-20,23,27H,8,10,13,21H2,1-3H3/t23-,27?/m0/s1. The molecule has 1 aliphatic rings. The molecule has 0 aromatic heterocycles. The van der Waals surface area contributed by atoms with Crippen LogP contribution in [-0.4, -0.2) is 25.7 Å². The average molecular weight is 480 g/mol. The summed E-state index contributed by atoms with van der Waals surface area (Å²) in [6.07, 6.45) is 3.22. The Kier molecular flexibility index (Phi) is 6.95. The van der Waals surface area contributed by atoms with Gasteiger partial charge in [-0.1, -0.05) is 61.5 Å². The number of anilines is 2. The van der Waals surface area contributed by atoms with E-state index in [2.05, 4.69) is 66.4 Å². The molecule has 4 aromatic carbocycles. The number of ether oxygens (including phenoxy) is 2. The molecule has 1 aliphatic heterocycles. The van der Waals surface area contributed by atoms with Gasteiger partial charge in [0.2, 0.25) is 0 Å². The first-order valence-electron chi connectivity index (χ1n) is 12.7. The van der Waals surface area contributed by atoms with Gasteiger partial charge in [0.15, 0.2) is 0 Å². The third kappa shape index (κ3) is 4.94. The summed E-state index contributed by atoms with van der Waals surface area (Å²) >= 11 is 0. The lowest BCUT2D eigenvalue weighted by Crippen LogP contribution is -2.37. The molecule has 0 amide bonds. The van der Waals surface area contributed by atoms with E-state index in [0.717, 1.165) is 48.5 Å². The van der Waals surface area contributed by atoms with Crippen LogP contribution in [0.3, 0.4) is 0 Å². The molecule has 4 nitrogen and oxygen atoms in total. The Morgan fingerprint density at radius 1 is 1.03 bits per heavy atom. The molecule has 0 radical (unpaired) electrons. The molecule has 36 heavy (non-hydrogen) atoms. The fourth-order valence-corrected chi connectivity index (χ4v) is 5.34. The number of carbonyl (C=O) groups is 1. The second-order valence-corrected chi connectivity index (χ2v) is 9.77. The highest BCUT2D eigenvalue weighted by Gasteiger charge is 2.27. The van der Waals surface area contributed by atoms with Gasteiger partial charge in [0.25, 0.3) is 0 Å². The van der Waals surface area contributed by atoms with E-state index in [0.29, 0.717) is 11.5 Å². The summed E-state index contributed by atoms with van der Waals surface area (Å²) in [6, 6.07) is 29.3. The molecule has 0 N–H and O–H groups in total. The topological polar surface area (TPSA) is 38.8 Å². The maximum Gasteiger partial charge on any atom is 0.337 e. The van der Waals surface area contributed by atoms with Crippen LogP contribution in [0.1, 0.15) is 53.6 Å². The number of methoxy groups -OCH3 is 1. The number of fused-ring (bicyclic) bond motifs is 2. The minimum Gasteiger partial charge on any atom is -0.486 e. The largest absolute Gasteiger partial charge is 0.486 e. The zero-order valence-electron chi connectivity index (χ0n) is 21.2. The van der Waals surface area contributed by atoms with Crippen molar-refractivity contribution in [3.05, 3.63) is 102 Å². The number of carbonyl (C=O) groups excluding carboxylic acids is 1. The highest BCUT2D eigenvalue weighted by molar-refractivity contribution is 5.91. The number of nitrogens with zero attached hydrogens (tertiary/aromatic N) is 1. The maximum absolute atomic E-state index is 12.2. The molecule has 0 saturated heterocycles. The molecule has 4 heteroatoms. The van der Waals surface area contributed by atoms with Crippen molar-refractivity contribution in [1.29, 1.82) is 0 Å². The van der Waals surface area contributed by atoms with Crippen molar-refractivity contribution in [2.45, 2.75) is 45.1 Å². The normalized spacial score (nSPS) is 15.8. The zero-order chi connectivity index (χ0) is 25.1. The number of benzene rings is 4. The first-order valence-corrected chi connectivity index (χ1v) is 12.7. The van der Waals surface area contributed by atoms with Gasteiger partial charge in [-0.2, -0.15) is 0 Å². The number of hydrogen-bond acceptors (Lipinski definition) is 4. The molecule has 0 spiro atoms. The molecule has 1 heterocycles. The molecule has 0 fully saturated rings. The van der Waals surface area contributed by atoms with Gasteiger partial charge in [-0.25, -0.2) is 4.79 Å². The predicted molar refractivity (Wildman–Crippen MR) is 147 cm³/mol. The summed E-state index contributed by atoms with van der Waals surface area (Å²) in [5.41, 5.74) is 5.02. The Morgan fingerprint density at radius 3 is 2.67 bits per heavy atom. The summed E-state index contributed by atoms with van der Waals surface area (Å²) in [5, 5.41) is 2.65. The first kappa shape index (κ1) is 23.9. The van der Waals surface area contributed by atoms with E-state index in [1.54, 1.807) is 0 Å². The van der Waals surface area contributed by atoms with Gasteiger partial charge in [-0.05, 0) is 84.3 Å². The van der Waals surface area contributed by atoms with Crippen molar-refractivity contribution in [1.82, 2.24) is 0 Å². The van der Waals surface area contributed by atoms with E-state index in [-0.39, 0.29) is 12.1 Å². The van der Waals surface area contributed by atoms with E-state index >= 15 is 0 Å². The Balaban J connectivity index is 1.32. The summed E-state index contributed by atoms with van der Waals surface area (Å²) in [5.74, 6) is 1.04. The van der Waals surface area contributed by atoms with E-state index in [4.69, 9.17) is 9.47 Å². The lowest BCUT2D eigenvalue weighted by atomic mass is 9.90. The van der Waals surface area contributed by atoms with E-state index in [1.165, 1.54) is 23.4 Å². The van der Waals surface area contributed by atoms with Gasteiger partial charge in [0.1, 0.15) is 11.9 Å². The smallest absolute Gasteiger partial charge is 0.337 e. The van der Waals surface area contributed by atoms with E-state index < -0.39 is 0 Å². The summed E-state index contributed by atoms with van der Waals surface area (Å²) in [4.78, 5) is 14.5. The molecule has 2 atom stereocenters. The molecule has 4 aromatic rings. The Morgan fingerprint density at radius 2 is 1.81 bits per heavy atom. The number of esters is 1. The van der Waals surface area contributed by atoms with Crippen molar-refractivity contribution in [3.8, 4) is 5.75 Å². The minimum absolute atomic E-state index is 0.0710. The van der Waals surface area contributed by atoms with Crippen LogP contribution in [0.15, 0.2) is 84.9 Å². The van der Waals surface area contributed by atoms with Crippen LogP contribution in [0.2, 0.25) is 0 Å². The number of rotatable bonds is 7. The highest BCUT2D eigenvalue weighted by Crippen LogP contribution is 2.40. The zero-order valence-corrected chi connectivity index (χ0v) is 21.2. The van der Waals surface area contributed by atoms with Gasteiger partial charge < -0.3 is 14.4 Å². The van der Waals surface area contributed by atoms with Crippen LogP contribution in [0.5, 0.6) is 5.75 Å². The molecule has 5 rings (SSSR count). The molecule has 184 valence electrons. The van der Waals surface area contributed by atoms with Crippen molar-refractivity contribution < 1.29 is 14.3 Å². The van der Waals surface area contributed by atoms with Crippen LogP contribution in [0.4, 0.5) is 11.4 Å². The predicted octanol–water partition coefficient (Wildman–Crippen LogP) is 7.81. The van der Waals surface area contributed by atoms with Gasteiger partial charge in [-0.3, -0.25) is 0 Å². The molecule has 0 aliphatic carbocycles. The lowest BCUT2D eigenvalue weighted by Gasteiger charge is -2.37.